The fraction of sp³-hybridized carbons (Fsp3) is 0.583. The minimum Gasteiger partial charge on any atom is -1.00 e. The van der Waals surface area contributed by atoms with E-state index in [4.69, 9.17) is 10.2 Å². The molecule has 1 aliphatic heterocycles. The van der Waals surface area contributed by atoms with Gasteiger partial charge in [0.1, 0.15) is 0 Å². The molecule has 8 nitrogen and oxygen atoms in total. The third kappa shape index (κ3) is 4.87. The van der Waals surface area contributed by atoms with Gasteiger partial charge in [0.2, 0.25) is 0 Å². The Bertz CT molecular complexity index is 474. The van der Waals surface area contributed by atoms with E-state index >= 15 is 0 Å². The molecule has 1 aromatic rings. The zero-order valence-corrected chi connectivity index (χ0v) is 14.0. The van der Waals surface area contributed by atoms with Crippen LogP contribution in [0.15, 0.2) is 12.4 Å². The molecule has 1 fully saturated rings. The Kier molecular flexibility index (Phi) is 7.50. The van der Waals surface area contributed by atoms with Gasteiger partial charge in [-0.05, 0) is 0 Å². The summed E-state index contributed by atoms with van der Waals surface area (Å²) >= 11 is 0. The number of anilines is 1. The molecule has 1 atom stereocenters. The summed E-state index contributed by atoms with van der Waals surface area (Å²) in [6.07, 6.45) is 2.09. The Morgan fingerprint density at radius 2 is 1.90 bits per heavy atom. The summed E-state index contributed by atoms with van der Waals surface area (Å²) in [5.41, 5.74) is -0.0451. The number of piperazine rings is 1. The van der Waals surface area contributed by atoms with E-state index in [1.165, 1.54) is 12.4 Å². The van der Waals surface area contributed by atoms with E-state index in [0.717, 1.165) is 0 Å². The van der Waals surface area contributed by atoms with Crippen LogP contribution < -0.4 is 34.5 Å². The van der Waals surface area contributed by atoms with Crippen LogP contribution in [0.3, 0.4) is 0 Å². The minimum atomic E-state index is -1.09. The maximum atomic E-state index is 11.1. The predicted molar refractivity (Wildman–Crippen MR) is 71.8 cm³/mol. The second-order valence-corrected chi connectivity index (χ2v) is 4.66. The van der Waals surface area contributed by atoms with Crippen LogP contribution in [0.25, 0.3) is 0 Å². The largest absolute Gasteiger partial charge is 1.00 e. The molecule has 0 radical (unpaired) electrons. The summed E-state index contributed by atoms with van der Waals surface area (Å²) in [4.78, 5) is 23.0. The Balaban J connectivity index is 0.00000220. The first-order valence-electron chi connectivity index (χ1n) is 6.42. The van der Waals surface area contributed by atoms with Crippen LogP contribution >= 0.6 is 0 Å². The van der Waals surface area contributed by atoms with Gasteiger partial charge in [0.15, 0.2) is 11.5 Å². The molecule has 0 saturated carbocycles. The van der Waals surface area contributed by atoms with Gasteiger partial charge < -0.3 is 21.6 Å². The molecule has 1 saturated heterocycles. The van der Waals surface area contributed by atoms with Gasteiger partial charge in [-0.15, -0.1) is 0 Å². The monoisotopic (exact) mass is 306 g/mol. The van der Waals surface area contributed by atoms with E-state index < -0.39 is 12.1 Å². The van der Waals surface area contributed by atoms with Crippen molar-refractivity contribution in [3.63, 3.8) is 0 Å². The Morgan fingerprint density at radius 1 is 1.29 bits per heavy atom. The molecule has 2 rings (SSSR count). The molecule has 1 aliphatic rings. The van der Waals surface area contributed by atoms with Crippen molar-refractivity contribution in [2.75, 3.05) is 44.2 Å². The number of aliphatic hydroxyl groups is 2. The number of carbonyl (C=O) groups is 1. The van der Waals surface area contributed by atoms with Crippen molar-refractivity contribution in [2.45, 2.75) is 6.10 Å². The average Bonchev–Trinajstić information content (AvgIpc) is 2.48. The van der Waals surface area contributed by atoms with E-state index in [0.29, 0.717) is 38.5 Å². The Hall–Kier alpha value is -0.770. The standard InChI is InChI=1S/C12H18N4O4.Na.H/c17-8-9(18)7-15-3-5-16(6-4-15)11-10(12(19)20)13-1-2-14-11;;/h1-2,9,17-18H,3-8H2,(H,19,20);;/q;+1;-1. The van der Waals surface area contributed by atoms with Gasteiger partial charge in [0, 0.05) is 45.1 Å². The normalized spacial score (nSPS) is 17.1. The molecule has 2 heterocycles. The summed E-state index contributed by atoms with van der Waals surface area (Å²) in [7, 11) is 0. The molecule has 9 heteroatoms. The number of β-amino-alcohol motifs (C(OH)–C–C–N with tert-alkyl or cyclic N) is 1. The number of aromatic nitrogens is 2. The number of nitrogens with zero attached hydrogens (tertiary/aromatic N) is 4. The van der Waals surface area contributed by atoms with Crippen molar-refractivity contribution in [3.05, 3.63) is 18.1 Å². The molecule has 1 unspecified atom stereocenters. The van der Waals surface area contributed by atoms with Crippen LogP contribution in [-0.4, -0.2) is 81.6 Å². The molecule has 112 valence electrons. The molecule has 0 bridgehead atoms. The maximum absolute atomic E-state index is 11.1. The van der Waals surface area contributed by atoms with Gasteiger partial charge in [-0.25, -0.2) is 14.8 Å². The zero-order chi connectivity index (χ0) is 14.5. The van der Waals surface area contributed by atoms with Gasteiger partial charge in [0.25, 0.3) is 0 Å². The average molecular weight is 306 g/mol. The van der Waals surface area contributed by atoms with Crippen molar-refractivity contribution in [3.8, 4) is 0 Å². The number of carboxylic acid groups (broad SMARTS) is 1. The van der Waals surface area contributed by atoms with Crippen LogP contribution in [0, 0.1) is 0 Å². The van der Waals surface area contributed by atoms with E-state index in [2.05, 4.69) is 9.97 Å². The molecular weight excluding hydrogens is 287 g/mol. The SMILES string of the molecule is O=C(O)c1nccnc1N1CCN(CC(O)CO)CC1.[H-].[Na+]. The van der Waals surface area contributed by atoms with Crippen molar-refractivity contribution in [2.24, 2.45) is 0 Å². The first-order chi connectivity index (χ1) is 9.61. The van der Waals surface area contributed by atoms with Crippen LogP contribution in [0.4, 0.5) is 5.82 Å². The van der Waals surface area contributed by atoms with Crippen molar-refractivity contribution >= 4 is 11.8 Å². The van der Waals surface area contributed by atoms with Gasteiger partial charge in [-0.3, -0.25) is 4.90 Å². The summed E-state index contributed by atoms with van der Waals surface area (Å²) in [5.74, 6) is -0.714. The van der Waals surface area contributed by atoms with Gasteiger partial charge >= 0.3 is 35.5 Å². The summed E-state index contributed by atoms with van der Waals surface area (Å²) in [5, 5.41) is 27.3. The molecule has 0 aliphatic carbocycles. The first-order valence-corrected chi connectivity index (χ1v) is 6.42. The van der Waals surface area contributed by atoms with Gasteiger partial charge in [-0.1, -0.05) is 0 Å². The van der Waals surface area contributed by atoms with E-state index in [1.807, 2.05) is 9.80 Å². The minimum absolute atomic E-state index is 0. The number of hydrogen-bond acceptors (Lipinski definition) is 7. The third-order valence-corrected chi connectivity index (χ3v) is 3.23. The Morgan fingerprint density at radius 3 is 2.48 bits per heavy atom. The van der Waals surface area contributed by atoms with Crippen molar-refractivity contribution in [1.82, 2.24) is 14.9 Å². The van der Waals surface area contributed by atoms with Crippen molar-refractivity contribution < 1.29 is 51.1 Å². The number of carboxylic acids is 1. The topological polar surface area (TPSA) is 110 Å². The molecule has 1 aromatic heterocycles. The van der Waals surface area contributed by atoms with E-state index in [-0.39, 0.29) is 43.3 Å². The van der Waals surface area contributed by atoms with E-state index in [9.17, 15) is 9.90 Å². The van der Waals surface area contributed by atoms with E-state index in [1.54, 1.807) is 0 Å². The second-order valence-electron chi connectivity index (χ2n) is 4.66. The van der Waals surface area contributed by atoms with Gasteiger partial charge in [0.05, 0.1) is 12.7 Å². The smallest absolute Gasteiger partial charge is 1.00 e. The predicted octanol–water partition coefficient (Wildman–Crippen LogP) is -4.23. The van der Waals surface area contributed by atoms with Crippen LogP contribution in [0.1, 0.15) is 11.9 Å². The molecule has 0 aromatic carbocycles. The second kappa shape index (κ2) is 8.62. The molecule has 0 amide bonds. The fourth-order valence-electron chi connectivity index (χ4n) is 2.21. The van der Waals surface area contributed by atoms with Crippen LogP contribution in [-0.2, 0) is 0 Å². The van der Waals surface area contributed by atoms with Crippen LogP contribution in [0.2, 0.25) is 0 Å². The maximum Gasteiger partial charge on any atom is 1.00 e. The molecule has 3 N–H and O–H groups in total. The van der Waals surface area contributed by atoms with Gasteiger partial charge in [-0.2, -0.15) is 0 Å². The number of hydrogen-bond donors (Lipinski definition) is 3. The van der Waals surface area contributed by atoms with Crippen molar-refractivity contribution in [1.29, 1.82) is 0 Å². The summed E-state index contributed by atoms with van der Waals surface area (Å²) in [6, 6.07) is 0. The van der Waals surface area contributed by atoms with Crippen LogP contribution in [0.5, 0.6) is 0 Å². The Labute approximate surface area is 146 Å². The zero-order valence-electron chi connectivity index (χ0n) is 13.0. The number of rotatable bonds is 5. The quantitative estimate of drug-likeness (QED) is 0.469. The number of aromatic carboxylic acids is 1. The summed E-state index contributed by atoms with van der Waals surface area (Å²) < 4.78 is 0. The molecule has 0 spiro atoms. The summed E-state index contributed by atoms with van der Waals surface area (Å²) in [6.45, 7) is 2.72. The first kappa shape index (κ1) is 18.3. The fourth-order valence-corrected chi connectivity index (χ4v) is 2.21. The molecule has 21 heavy (non-hydrogen) atoms. The molecular formula is C12H19N4NaO4. The number of aliphatic hydroxyl groups excluding tert-OH is 2. The third-order valence-electron chi connectivity index (χ3n) is 3.23.